The van der Waals surface area contributed by atoms with Gasteiger partial charge in [-0.1, -0.05) is 30.7 Å². The van der Waals surface area contributed by atoms with Crippen molar-refractivity contribution in [2.45, 2.75) is 39.2 Å². The zero-order valence-electron chi connectivity index (χ0n) is 11.9. The molecule has 2 amide bonds. The molecule has 0 aromatic heterocycles. The van der Waals surface area contributed by atoms with E-state index in [2.05, 4.69) is 30.5 Å². The molecule has 1 aliphatic carbocycles. The number of urea groups is 1. The van der Waals surface area contributed by atoms with Crippen LogP contribution in [0.3, 0.4) is 0 Å². The summed E-state index contributed by atoms with van der Waals surface area (Å²) in [5.41, 5.74) is 2.31. The van der Waals surface area contributed by atoms with E-state index in [9.17, 15) is 4.79 Å². The maximum absolute atomic E-state index is 12.0. The Bertz CT molecular complexity index is 449. The molecule has 0 aromatic carbocycles. The van der Waals surface area contributed by atoms with E-state index in [-0.39, 0.29) is 12.1 Å². The Hall–Kier alpha value is -1.71. The van der Waals surface area contributed by atoms with Crippen molar-refractivity contribution in [1.29, 1.82) is 0 Å². The largest absolute Gasteiger partial charge is 0.491 e. The van der Waals surface area contributed by atoms with Gasteiger partial charge >= 0.3 is 6.03 Å². The second kappa shape index (κ2) is 5.95. The summed E-state index contributed by atoms with van der Waals surface area (Å²) in [6.45, 7) is 4.75. The minimum atomic E-state index is -0.0590. The number of carbonyl (C=O) groups is 1. The minimum absolute atomic E-state index is 0.0398. The van der Waals surface area contributed by atoms with Gasteiger partial charge in [0.25, 0.3) is 0 Å². The molecule has 1 aliphatic heterocycles. The molecule has 0 aromatic rings. The van der Waals surface area contributed by atoms with Gasteiger partial charge in [-0.05, 0) is 13.3 Å². The summed E-state index contributed by atoms with van der Waals surface area (Å²) in [7, 11) is 1.66. The molecule has 0 fully saturated rings. The normalized spacial score (nSPS) is 24.7. The van der Waals surface area contributed by atoms with Crippen LogP contribution < -0.4 is 5.32 Å². The highest BCUT2D eigenvalue weighted by Gasteiger charge is 2.28. The van der Waals surface area contributed by atoms with Crippen molar-refractivity contribution >= 4 is 6.03 Å². The first kappa shape index (κ1) is 13.7. The molecule has 104 valence electrons. The molecule has 4 heteroatoms. The predicted octanol–water partition coefficient (Wildman–Crippen LogP) is 2.94. The fourth-order valence-corrected chi connectivity index (χ4v) is 2.47. The third kappa shape index (κ3) is 3.00. The Morgan fingerprint density at radius 2 is 2.32 bits per heavy atom. The lowest BCUT2D eigenvalue weighted by atomic mass is 10.0. The van der Waals surface area contributed by atoms with Crippen LogP contribution in [0.25, 0.3) is 0 Å². The summed E-state index contributed by atoms with van der Waals surface area (Å²) < 4.78 is 5.92. The van der Waals surface area contributed by atoms with Crippen molar-refractivity contribution in [3.8, 4) is 0 Å². The smallest absolute Gasteiger partial charge is 0.321 e. The van der Waals surface area contributed by atoms with Gasteiger partial charge in [0.2, 0.25) is 0 Å². The summed E-state index contributed by atoms with van der Waals surface area (Å²) in [5, 5.41) is 2.70. The first-order chi connectivity index (χ1) is 9.15. The number of ether oxygens (including phenoxy) is 1. The Balaban J connectivity index is 2.31. The van der Waals surface area contributed by atoms with Gasteiger partial charge in [-0.25, -0.2) is 4.79 Å². The number of allylic oxidation sites excluding steroid dienone is 4. The summed E-state index contributed by atoms with van der Waals surface area (Å²) in [4.78, 5) is 13.8. The summed E-state index contributed by atoms with van der Waals surface area (Å²) in [6, 6.07) is -0.0590. The van der Waals surface area contributed by atoms with Crippen LogP contribution in [0.5, 0.6) is 0 Å². The molecule has 1 unspecified atom stereocenters. The number of nitrogens with one attached hydrogen (secondary N) is 1. The van der Waals surface area contributed by atoms with Crippen LogP contribution in [0.4, 0.5) is 4.79 Å². The summed E-state index contributed by atoms with van der Waals surface area (Å²) in [5.74, 6) is 0.928. The van der Waals surface area contributed by atoms with E-state index in [0.717, 1.165) is 30.7 Å². The summed E-state index contributed by atoms with van der Waals surface area (Å²) >= 11 is 0. The number of nitrogens with zero attached hydrogens (tertiary/aromatic N) is 1. The van der Waals surface area contributed by atoms with Crippen LogP contribution in [0, 0.1) is 0 Å². The van der Waals surface area contributed by atoms with Gasteiger partial charge in [-0.2, -0.15) is 0 Å². The van der Waals surface area contributed by atoms with E-state index in [1.165, 1.54) is 5.57 Å². The van der Waals surface area contributed by atoms with Gasteiger partial charge in [0, 0.05) is 19.9 Å². The van der Waals surface area contributed by atoms with E-state index in [4.69, 9.17) is 4.74 Å². The van der Waals surface area contributed by atoms with Crippen molar-refractivity contribution in [3.63, 3.8) is 0 Å². The highest BCUT2D eigenvalue weighted by molar-refractivity contribution is 5.76. The first-order valence-corrected chi connectivity index (χ1v) is 6.89. The maximum atomic E-state index is 12.0. The standard InChI is InChI=1S/C15H22N2O2/c1-4-12-6-5-7-13-14(9-8-12)19-11(2)10-17(13)15(18)16-3/h5-6,8,11H,4,7,9-10H2,1-3H3,(H,16,18)/b6-5-,12-8?. The van der Waals surface area contributed by atoms with E-state index in [1.54, 1.807) is 11.9 Å². The Morgan fingerprint density at radius 1 is 1.53 bits per heavy atom. The van der Waals surface area contributed by atoms with Crippen molar-refractivity contribution in [2.24, 2.45) is 0 Å². The van der Waals surface area contributed by atoms with Gasteiger partial charge < -0.3 is 10.1 Å². The SMILES string of the molecule is CCC1=CCC2=C(C/C=C\1)N(C(=O)NC)CC(C)O2. The minimum Gasteiger partial charge on any atom is -0.491 e. The molecule has 1 N–H and O–H groups in total. The topological polar surface area (TPSA) is 41.6 Å². The third-order valence-electron chi connectivity index (χ3n) is 3.49. The van der Waals surface area contributed by atoms with Gasteiger partial charge in [-0.15, -0.1) is 0 Å². The number of carbonyl (C=O) groups excluding carboxylic acids is 1. The molecule has 0 saturated carbocycles. The van der Waals surface area contributed by atoms with Gasteiger partial charge in [0.15, 0.2) is 0 Å². The summed E-state index contributed by atoms with van der Waals surface area (Å²) in [6.07, 6.45) is 9.01. The van der Waals surface area contributed by atoms with E-state index in [1.807, 2.05) is 6.92 Å². The number of hydrogen-bond acceptors (Lipinski definition) is 2. The molecule has 0 saturated heterocycles. The average molecular weight is 262 g/mol. The lowest BCUT2D eigenvalue weighted by molar-refractivity contribution is 0.0680. The van der Waals surface area contributed by atoms with Crippen LogP contribution in [-0.2, 0) is 4.74 Å². The molecule has 0 spiro atoms. The van der Waals surface area contributed by atoms with E-state index < -0.39 is 0 Å². The molecule has 4 nitrogen and oxygen atoms in total. The quantitative estimate of drug-likeness (QED) is 0.789. The third-order valence-corrected chi connectivity index (χ3v) is 3.49. The van der Waals surface area contributed by atoms with Gasteiger partial charge in [-0.3, -0.25) is 4.90 Å². The molecule has 1 atom stereocenters. The van der Waals surface area contributed by atoms with Crippen LogP contribution in [0.2, 0.25) is 0 Å². The highest BCUT2D eigenvalue weighted by atomic mass is 16.5. The lowest BCUT2D eigenvalue weighted by Crippen LogP contribution is -2.45. The van der Waals surface area contributed by atoms with Crippen LogP contribution >= 0.6 is 0 Å². The molecule has 2 aliphatic rings. The first-order valence-electron chi connectivity index (χ1n) is 6.89. The fraction of sp³-hybridized carbons (Fsp3) is 0.533. The maximum Gasteiger partial charge on any atom is 0.321 e. The van der Waals surface area contributed by atoms with Gasteiger partial charge in [0.05, 0.1) is 12.2 Å². The molecular formula is C15H22N2O2. The second-order valence-corrected chi connectivity index (χ2v) is 4.91. The van der Waals surface area contributed by atoms with Crippen LogP contribution in [-0.4, -0.2) is 30.6 Å². The number of rotatable bonds is 1. The molecule has 2 rings (SSSR count). The zero-order valence-corrected chi connectivity index (χ0v) is 11.9. The fourth-order valence-electron chi connectivity index (χ4n) is 2.47. The zero-order chi connectivity index (χ0) is 13.8. The number of hydrogen-bond donors (Lipinski definition) is 1. The van der Waals surface area contributed by atoms with Crippen LogP contribution in [0.15, 0.2) is 35.3 Å². The molecule has 1 heterocycles. The Labute approximate surface area is 114 Å². The average Bonchev–Trinajstić information content (AvgIpc) is 2.39. The van der Waals surface area contributed by atoms with Gasteiger partial charge in [0.1, 0.15) is 11.9 Å². The Morgan fingerprint density at radius 3 is 3.00 bits per heavy atom. The highest BCUT2D eigenvalue weighted by Crippen LogP contribution is 2.28. The monoisotopic (exact) mass is 262 g/mol. The van der Waals surface area contributed by atoms with Crippen molar-refractivity contribution in [3.05, 3.63) is 35.3 Å². The molecular weight excluding hydrogens is 240 g/mol. The number of amides is 2. The molecule has 0 radical (unpaired) electrons. The van der Waals surface area contributed by atoms with E-state index in [0.29, 0.717) is 6.54 Å². The lowest BCUT2D eigenvalue weighted by Gasteiger charge is -2.35. The predicted molar refractivity (Wildman–Crippen MR) is 75.5 cm³/mol. The molecule has 19 heavy (non-hydrogen) atoms. The van der Waals surface area contributed by atoms with Crippen LogP contribution in [0.1, 0.15) is 33.1 Å². The van der Waals surface area contributed by atoms with Crippen molar-refractivity contribution < 1.29 is 9.53 Å². The van der Waals surface area contributed by atoms with Crippen molar-refractivity contribution in [1.82, 2.24) is 10.2 Å². The molecule has 0 bridgehead atoms. The van der Waals surface area contributed by atoms with E-state index >= 15 is 0 Å². The Kier molecular flexibility index (Phi) is 4.30. The van der Waals surface area contributed by atoms with Crippen molar-refractivity contribution in [2.75, 3.05) is 13.6 Å². The second-order valence-electron chi connectivity index (χ2n) is 4.91.